The number of hydrogen-bond donors (Lipinski definition) is 12. The summed E-state index contributed by atoms with van der Waals surface area (Å²) in [4.78, 5) is 25.1. The molecule has 2 saturated heterocycles. The van der Waals surface area contributed by atoms with E-state index in [9.17, 15) is 65.8 Å². The fourth-order valence-corrected chi connectivity index (χ4v) is 8.11. The maximum absolute atomic E-state index is 12.6. The highest BCUT2D eigenvalue weighted by Gasteiger charge is 2.51. The van der Waals surface area contributed by atoms with Gasteiger partial charge in [0.1, 0.15) is 18.1 Å². The second-order valence-corrected chi connectivity index (χ2v) is 17.8. The maximum Gasteiger partial charge on any atom is 0.311 e. The average molecular weight is 926 g/mol. The molecular weight excluding hydrogens is 851 g/mol. The van der Waals surface area contributed by atoms with E-state index in [4.69, 9.17) is 24.7 Å². The molecule has 0 unspecified atom stereocenters. The molecule has 65 heavy (non-hydrogen) atoms. The van der Waals surface area contributed by atoms with Crippen LogP contribution in [-0.4, -0.2) is 166 Å². The number of allylic oxidation sites excluding steroid dienone is 10. The number of hydrogen-bond acceptors (Lipinski definition) is 17. The number of aliphatic hydroxyl groups excluding tert-OH is 9. The van der Waals surface area contributed by atoms with Gasteiger partial charge in [-0.15, -0.1) is 0 Å². The lowest BCUT2D eigenvalue weighted by molar-refractivity contribution is -0.310. The fraction of sp³-hybridized carbons (Fsp3) is 0.702. The highest BCUT2D eigenvalue weighted by molar-refractivity contribution is 5.71. The molecule has 0 radical (unpaired) electrons. The Hall–Kier alpha value is -3.18. The second kappa shape index (κ2) is 27.6. The van der Waals surface area contributed by atoms with Gasteiger partial charge in [-0.1, -0.05) is 86.8 Å². The first-order valence-electron chi connectivity index (χ1n) is 22.6. The topological polar surface area (TPSA) is 320 Å². The monoisotopic (exact) mass is 926 g/mol. The molecule has 13 N–H and O–H groups in total. The van der Waals surface area contributed by atoms with E-state index in [1.807, 2.05) is 49.5 Å². The van der Waals surface area contributed by atoms with Crippen molar-refractivity contribution in [3.63, 3.8) is 0 Å². The van der Waals surface area contributed by atoms with Crippen molar-refractivity contribution >= 4 is 11.9 Å². The van der Waals surface area contributed by atoms with E-state index in [0.717, 1.165) is 12.8 Å². The van der Waals surface area contributed by atoms with Gasteiger partial charge in [0.05, 0.1) is 79.6 Å². The summed E-state index contributed by atoms with van der Waals surface area (Å²) in [6.07, 6.45) is 2.28. The molecule has 0 aliphatic carbocycles. The molecule has 3 heterocycles. The number of carbonyl (C=O) groups is 2. The smallest absolute Gasteiger partial charge is 0.311 e. The van der Waals surface area contributed by atoms with Crippen molar-refractivity contribution in [1.82, 2.24) is 0 Å². The third-order valence-electron chi connectivity index (χ3n) is 12.2. The summed E-state index contributed by atoms with van der Waals surface area (Å²) >= 11 is 0. The lowest BCUT2D eigenvalue weighted by atomic mass is 9.82. The van der Waals surface area contributed by atoms with E-state index in [1.165, 1.54) is 13.0 Å². The molecule has 0 amide bonds. The van der Waals surface area contributed by atoms with E-state index >= 15 is 0 Å². The van der Waals surface area contributed by atoms with E-state index in [0.29, 0.717) is 0 Å². The van der Waals surface area contributed by atoms with Crippen LogP contribution in [-0.2, 0) is 28.5 Å². The molecular formula is C47H75NO17. The zero-order valence-electron chi connectivity index (χ0n) is 37.8. The normalized spacial score (nSPS) is 45.2. The van der Waals surface area contributed by atoms with Gasteiger partial charge in [-0.05, 0) is 52.4 Å². The van der Waals surface area contributed by atoms with Crippen LogP contribution >= 0.6 is 0 Å². The van der Waals surface area contributed by atoms with E-state index < -0.39 is 141 Å². The van der Waals surface area contributed by atoms with Crippen LogP contribution in [0.1, 0.15) is 91.9 Å². The zero-order chi connectivity index (χ0) is 48.4. The second-order valence-electron chi connectivity index (χ2n) is 17.8. The Morgan fingerprint density at radius 3 is 1.94 bits per heavy atom. The molecule has 0 aromatic heterocycles. The number of ether oxygens (including phenoxy) is 4. The number of aliphatic hydroxyl groups is 10. The van der Waals surface area contributed by atoms with Gasteiger partial charge in [0.2, 0.25) is 0 Å². The minimum atomic E-state index is -2.35. The molecule has 0 aromatic rings. The lowest BCUT2D eigenvalue weighted by Crippen LogP contribution is -2.61. The number of esters is 1. The maximum atomic E-state index is 12.6. The van der Waals surface area contributed by atoms with Crippen LogP contribution in [0, 0.1) is 17.8 Å². The van der Waals surface area contributed by atoms with Crippen molar-refractivity contribution in [1.29, 1.82) is 0 Å². The van der Waals surface area contributed by atoms with Crippen LogP contribution in [0.4, 0.5) is 0 Å². The van der Waals surface area contributed by atoms with E-state index in [-0.39, 0.29) is 38.0 Å². The van der Waals surface area contributed by atoms with Crippen molar-refractivity contribution in [2.45, 2.75) is 189 Å². The van der Waals surface area contributed by atoms with E-state index in [2.05, 4.69) is 0 Å². The van der Waals surface area contributed by atoms with Crippen LogP contribution in [0.25, 0.3) is 0 Å². The summed E-state index contributed by atoms with van der Waals surface area (Å²) in [6.45, 7) is 6.78. The fourth-order valence-electron chi connectivity index (χ4n) is 8.11. The number of carboxylic acid groups (broad SMARTS) is 1. The first kappa shape index (κ1) is 56.1. The molecule has 3 aliphatic heterocycles. The predicted molar refractivity (Wildman–Crippen MR) is 237 cm³/mol. The number of carbonyl (C=O) groups excluding carboxylic acids is 1. The minimum Gasteiger partial charge on any atom is -0.481 e. The number of cyclic esters (lactones) is 1. The van der Waals surface area contributed by atoms with Gasteiger partial charge in [-0.2, -0.15) is 0 Å². The van der Waals surface area contributed by atoms with Crippen LogP contribution < -0.4 is 5.73 Å². The first-order valence-corrected chi connectivity index (χ1v) is 22.6. The third-order valence-corrected chi connectivity index (χ3v) is 12.2. The van der Waals surface area contributed by atoms with Gasteiger partial charge in [-0.25, -0.2) is 0 Å². The Bertz CT molecular complexity index is 1620. The van der Waals surface area contributed by atoms with Crippen molar-refractivity contribution in [3.8, 4) is 0 Å². The van der Waals surface area contributed by atoms with Crippen LogP contribution in [0.5, 0.6) is 0 Å². The number of rotatable bonds is 3. The van der Waals surface area contributed by atoms with Gasteiger partial charge < -0.3 is 80.9 Å². The van der Waals surface area contributed by atoms with Crippen molar-refractivity contribution in [2.75, 3.05) is 0 Å². The van der Waals surface area contributed by atoms with Crippen molar-refractivity contribution in [3.05, 3.63) is 72.9 Å². The van der Waals surface area contributed by atoms with Crippen molar-refractivity contribution < 1.29 is 84.7 Å². The highest BCUT2D eigenvalue weighted by Crippen LogP contribution is 2.38. The molecule has 3 aliphatic rings. The average Bonchev–Trinajstić information content (AvgIpc) is 3.21. The van der Waals surface area contributed by atoms with Gasteiger partial charge in [0.15, 0.2) is 12.1 Å². The van der Waals surface area contributed by atoms with E-state index in [1.54, 1.807) is 38.2 Å². The summed E-state index contributed by atoms with van der Waals surface area (Å²) in [5.74, 6) is -6.82. The van der Waals surface area contributed by atoms with Crippen molar-refractivity contribution in [2.24, 2.45) is 23.5 Å². The summed E-state index contributed by atoms with van der Waals surface area (Å²) in [5.41, 5.74) is 6.02. The third kappa shape index (κ3) is 18.8. The van der Waals surface area contributed by atoms with Gasteiger partial charge in [-0.3, -0.25) is 9.59 Å². The van der Waals surface area contributed by atoms with Crippen LogP contribution in [0.3, 0.4) is 0 Å². The number of carboxylic acids is 1. The van der Waals surface area contributed by atoms with Gasteiger partial charge in [0.25, 0.3) is 0 Å². The molecule has 18 nitrogen and oxygen atoms in total. The Balaban J connectivity index is 1.84. The largest absolute Gasteiger partial charge is 0.481 e. The molecule has 370 valence electrons. The van der Waals surface area contributed by atoms with Crippen LogP contribution in [0.2, 0.25) is 0 Å². The molecule has 0 aromatic carbocycles. The minimum absolute atomic E-state index is 0.138. The number of aliphatic carboxylic acids is 1. The summed E-state index contributed by atoms with van der Waals surface area (Å²) in [7, 11) is 0. The summed E-state index contributed by atoms with van der Waals surface area (Å²) < 4.78 is 23.2. The molecule has 18 heteroatoms. The first-order chi connectivity index (χ1) is 30.6. The Kier molecular flexibility index (Phi) is 23.8. The molecule has 2 bridgehead atoms. The summed E-state index contributed by atoms with van der Waals surface area (Å²) in [5, 5.41) is 118. The zero-order valence-corrected chi connectivity index (χ0v) is 37.8. The molecule has 2 fully saturated rings. The summed E-state index contributed by atoms with van der Waals surface area (Å²) in [6, 6.07) is -1.14. The lowest BCUT2D eigenvalue weighted by Gasteiger charge is -2.45. The van der Waals surface area contributed by atoms with Gasteiger partial charge >= 0.3 is 11.9 Å². The SMILES string of the molecule is C[C@@H]1[C@H](O)[C@@H](C)/C=C/C=C\CC/C=C/C=C/C=C/C=C/[C@H](O[C@H]2O[C@@H](C)[C@H](O)[C@@H](N)[C@H]2O)C[C@@H]2O[C@](O)(C[C@@H](O)[C@H](O)CC[C@@H](O)C[C@@H](O)C[C@@H](O)CC(=O)O[C@H]1C)C[C@H](O)[C@H]2C(=O)O. The predicted octanol–water partition coefficient (Wildman–Crippen LogP) is 0.936. The number of fused-ring (bicyclic) bond motifs is 2. The Labute approximate surface area is 381 Å². The highest BCUT2D eigenvalue weighted by atomic mass is 16.7. The number of nitrogens with two attached hydrogens (primary N) is 1. The molecule has 19 atom stereocenters. The Morgan fingerprint density at radius 2 is 1.28 bits per heavy atom. The Morgan fingerprint density at radius 1 is 0.692 bits per heavy atom. The van der Waals surface area contributed by atoms with Gasteiger partial charge in [0, 0.05) is 31.1 Å². The quantitative estimate of drug-likeness (QED) is 0.175. The molecule has 0 spiro atoms. The molecule has 0 saturated carbocycles. The van der Waals surface area contributed by atoms with Crippen LogP contribution in [0.15, 0.2) is 72.9 Å². The standard InChI is InChI=1S/C47H75NO17/c1-27-17-15-13-11-9-7-5-6-8-10-12-14-16-18-34(64-46-44(58)41(48)43(57)30(4)63-46)24-38-40(45(59)60)37(54)26-47(61,65-38)25-36(53)35(52)20-19-31(49)21-32(50)22-33(51)23-39(55)62-29(3)28(2)42(27)56/h5-6,8,10-18,27-38,40-44,46,49-54,56-58,61H,7,9,19-26,48H2,1-4H3,(H,59,60)/b6-5+,10-8+,13-11-,14-12+,17-15+,18-16+/t27-,28-,29-,30-,31+,32+,33+,34-,35+,36+,37-,38-,40+,41+,42+,43-,44+,46+,47+/m0/s1. The molecule has 3 rings (SSSR count).